The molecule has 0 aliphatic carbocycles. The molecule has 4 heteroatoms. The summed E-state index contributed by atoms with van der Waals surface area (Å²) in [5, 5.41) is 25.0. The van der Waals surface area contributed by atoms with Crippen LogP contribution in [-0.4, -0.2) is 40.7 Å². The van der Waals surface area contributed by atoms with Crippen molar-refractivity contribution in [2.45, 2.75) is 5.54 Å². The summed E-state index contributed by atoms with van der Waals surface area (Å²) in [6.07, 6.45) is 0. The van der Waals surface area contributed by atoms with Gasteiger partial charge in [0.1, 0.15) is 0 Å². The van der Waals surface area contributed by atoms with Crippen LogP contribution in [0.2, 0.25) is 0 Å². The summed E-state index contributed by atoms with van der Waals surface area (Å²) in [7, 11) is 0. The third kappa shape index (κ3) is 1.75. The van der Waals surface area contributed by atoms with Gasteiger partial charge < -0.3 is 21.1 Å². The molecule has 0 heterocycles. The zero-order valence-corrected chi connectivity index (χ0v) is 4.54. The number of rotatable bonds is 3. The Bertz CT molecular complexity index is 61.3. The molecule has 8 heavy (non-hydrogen) atoms. The van der Waals surface area contributed by atoms with E-state index in [-0.39, 0.29) is 2.85 Å². The fourth-order valence-electron chi connectivity index (χ4n) is 0.150. The Morgan fingerprint density at radius 1 is 1.12 bits per heavy atom. The molecule has 4 nitrogen and oxygen atoms in total. The van der Waals surface area contributed by atoms with Crippen LogP contribution in [0.15, 0.2) is 0 Å². The van der Waals surface area contributed by atoms with Gasteiger partial charge in [-0.05, 0) is 0 Å². The number of hydrogen-bond donors (Lipinski definition) is 4. The molecule has 50 valence electrons. The van der Waals surface area contributed by atoms with Gasteiger partial charge in [0.05, 0.1) is 25.4 Å². The van der Waals surface area contributed by atoms with E-state index < -0.39 is 25.4 Å². The highest BCUT2D eigenvalue weighted by atomic mass is 16.3. The Morgan fingerprint density at radius 2 is 1.38 bits per heavy atom. The highest BCUT2D eigenvalue weighted by Crippen LogP contribution is 1.93. The molecule has 0 saturated heterocycles. The third-order valence-electron chi connectivity index (χ3n) is 0.945. The molecule has 0 amide bonds. The summed E-state index contributed by atoms with van der Waals surface area (Å²) >= 11 is 0. The van der Waals surface area contributed by atoms with E-state index in [2.05, 4.69) is 0 Å². The van der Waals surface area contributed by atoms with Crippen molar-refractivity contribution in [3.05, 3.63) is 0 Å². The molecule has 0 fully saturated rings. The highest BCUT2D eigenvalue weighted by Gasteiger charge is 2.20. The van der Waals surface area contributed by atoms with Gasteiger partial charge in [-0.3, -0.25) is 0 Å². The SMILES string of the molecule is NC(CO)(CO)CO.[H+].[H+]. The second-order valence-electron chi connectivity index (χ2n) is 1.84. The number of aliphatic hydroxyl groups excluding tert-OH is 3. The normalized spacial score (nSPS) is 12.0. The van der Waals surface area contributed by atoms with Gasteiger partial charge in [0.2, 0.25) is 0 Å². The van der Waals surface area contributed by atoms with Crippen molar-refractivity contribution < 1.29 is 18.2 Å². The Balaban J connectivity index is -0.000000245. The Labute approximate surface area is 50.5 Å². The van der Waals surface area contributed by atoms with E-state index in [0.29, 0.717) is 0 Å². The highest BCUT2D eigenvalue weighted by molar-refractivity contribution is 4.80. The van der Waals surface area contributed by atoms with Gasteiger partial charge in [0, 0.05) is 0 Å². The van der Waals surface area contributed by atoms with Gasteiger partial charge in [-0.15, -0.1) is 0 Å². The standard InChI is InChI=1S/C4H11NO3/c5-4(1-6,2-7)3-8/h6-8H,1-3,5H2/p+2. The van der Waals surface area contributed by atoms with Crippen LogP contribution in [0.25, 0.3) is 0 Å². The van der Waals surface area contributed by atoms with E-state index in [0.717, 1.165) is 0 Å². The molecule has 0 saturated carbocycles. The lowest BCUT2D eigenvalue weighted by molar-refractivity contribution is 0.0698. The first-order valence-electron chi connectivity index (χ1n) is 2.30. The molecule has 0 bridgehead atoms. The van der Waals surface area contributed by atoms with Crippen LogP contribution in [0.3, 0.4) is 0 Å². The lowest BCUT2D eigenvalue weighted by atomic mass is 10.1. The molecule has 0 aromatic heterocycles. The second kappa shape index (κ2) is 2.99. The van der Waals surface area contributed by atoms with E-state index in [1.54, 1.807) is 0 Å². The van der Waals surface area contributed by atoms with Crippen molar-refractivity contribution in [3.63, 3.8) is 0 Å². The predicted octanol–water partition coefficient (Wildman–Crippen LogP) is -2.11. The van der Waals surface area contributed by atoms with Crippen molar-refractivity contribution in [3.8, 4) is 0 Å². The Kier molecular flexibility index (Phi) is 2.93. The average Bonchev–Trinajstić information content (AvgIpc) is 1.87. The van der Waals surface area contributed by atoms with E-state index in [1.165, 1.54) is 0 Å². The van der Waals surface area contributed by atoms with Crippen molar-refractivity contribution >= 4 is 0 Å². The van der Waals surface area contributed by atoms with Crippen LogP contribution in [0, 0.1) is 0 Å². The summed E-state index contributed by atoms with van der Waals surface area (Å²) < 4.78 is 0. The van der Waals surface area contributed by atoms with Crippen molar-refractivity contribution in [1.82, 2.24) is 0 Å². The first kappa shape index (κ1) is 7.84. The quantitative estimate of drug-likeness (QED) is 0.346. The molecule has 0 atom stereocenters. The minimum Gasteiger partial charge on any atom is -0.394 e. The molecular formula is C4H13NO3+2. The first-order valence-corrected chi connectivity index (χ1v) is 2.30. The van der Waals surface area contributed by atoms with Crippen molar-refractivity contribution in [2.24, 2.45) is 5.73 Å². The van der Waals surface area contributed by atoms with Crippen LogP contribution in [0.1, 0.15) is 2.85 Å². The van der Waals surface area contributed by atoms with E-state index >= 15 is 0 Å². The first-order chi connectivity index (χ1) is 3.68. The second-order valence-corrected chi connectivity index (χ2v) is 1.84. The average molecular weight is 123 g/mol. The molecule has 0 aliphatic rings. The Morgan fingerprint density at radius 3 is 1.38 bits per heavy atom. The van der Waals surface area contributed by atoms with Crippen LogP contribution >= 0.6 is 0 Å². The maximum atomic E-state index is 8.34. The summed E-state index contributed by atoms with van der Waals surface area (Å²) in [5.74, 6) is 0. The lowest BCUT2D eigenvalue weighted by Crippen LogP contribution is -2.50. The molecule has 0 radical (unpaired) electrons. The van der Waals surface area contributed by atoms with Gasteiger partial charge in [-0.1, -0.05) is 0 Å². The van der Waals surface area contributed by atoms with Crippen molar-refractivity contribution in [1.29, 1.82) is 0 Å². The summed E-state index contributed by atoms with van der Waals surface area (Å²) in [6.45, 7) is -1.21. The number of nitrogens with two attached hydrogens (primary N) is 1. The maximum absolute atomic E-state index is 8.34. The molecule has 0 rings (SSSR count). The minimum absolute atomic E-state index is 0. The van der Waals surface area contributed by atoms with E-state index in [4.69, 9.17) is 21.1 Å². The Hall–Kier alpha value is -0.160. The lowest BCUT2D eigenvalue weighted by Gasteiger charge is -2.20. The zero-order valence-electron chi connectivity index (χ0n) is 6.54. The van der Waals surface area contributed by atoms with Crippen LogP contribution < -0.4 is 5.73 Å². The van der Waals surface area contributed by atoms with E-state index in [1.807, 2.05) is 0 Å². The molecule has 0 aromatic rings. The van der Waals surface area contributed by atoms with Gasteiger partial charge in [0.25, 0.3) is 0 Å². The van der Waals surface area contributed by atoms with Crippen LogP contribution in [-0.2, 0) is 0 Å². The molecule has 5 N–H and O–H groups in total. The van der Waals surface area contributed by atoms with Crippen LogP contribution in [0.5, 0.6) is 0 Å². The van der Waals surface area contributed by atoms with Gasteiger partial charge in [-0.25, -0.2) is 0 Å². The van der Waals surface area contributed by atoms with Gasteiger partial charge >= 0.3 is 2.85 Å². The van der Waals surface area contributed by atoms with E-state index in [9.17, 15) is 0 Å². The molecule has 0 unspecified atom stereocenters. The monoisotopic (exact) mass is 123 g/mol. The fourth-order valence-corrected chi connectivity index (χ4v) is 0.150. The van der Waals surface area contributed by atoms with Gasteiger partial charge in [-0.2, -0.15) is 0 Å². The molecule has 0 aliphatic heterocycles. The molecule has 0 aromatic carbocycles. The summed E-state index contributed by atoms with van der Waals surface area (Å²) in [5.41, 5.74) is 3.94. The van der Waals surface area contributed by atoms with Crippen molar-refractivity contribution in [2.75, 3.05) is 19.8 Å². The number of aliphatic hydroxyl groups is 3. The predicted molar refractivity (Wildman–Crippen MR) is 30.4 cm³/mol. The summed E-state index contributed by atoms with van der Waals surface area (Å²) in [6, 6.07) is 0. The van der Waals surface area contributed by atoms with Gasteiger partial charge in [0.15, 0.2) is 0 Å². The fraction of sp³-hybridized carbons (Fsp3) is 1.00. The minimum atomic E-state index is -1.21. The molecular weight excluding hydrogens is 110 g/mol. The summed E-state index contributed by atoms with van der Waals surface area (Å²) in [4.78, 5) is 0. The third-order valence-corrected chi connectivity index (χ3v) is 0.945. The smallest absolute Gasteiger partial charge is 0.394 e. The topological polar surface area (TPSA) is 86.7 Å². The molecule has 0 spiro atoms. The largest absolute Gasteiger partial charge is 1.00 e. The number of hydrogen-bond acceptors (Lipinski definition) is 4. The zero-order chi connectivity index (χ0) is 6.62. The maximum Gasteiger partial charge on any atom is 1.00 e. The van der Waals surface area contributed by atoms with Crippen LogP contribution in [0.4, 0.5) is 0 Å².